The summed E-state index contributed by atoms with van der Waals surface area (Å²) in [6, 6.07) is 10.0. The largest absolute Gasteiger partial charge is 0.445 e. The molecule has 2 rings (SSSR count). The third-order valence-electron chi connectivity index (χ3n) is 3.52. The minimum atomic E-state index is -0.296. The summed E-state index contributed by atoms with van der Waals surface area (Å²) in [7, 11) is 0. The van der Waals surface area contributed by atoms with E-state index < -0.39 is 0 Å². The van der Waals surface area contributed by atoms with E-state index in [2.05, 4.69) is 11.6 Å². The second-order valence-electron chi connectivity index (χ2n) is 4.87. The molecular formula is C15H21NO2S. The summed E-state index contributed by atoms with van der Waals surface area (Å²) in [5.74, 6) is 0. The number of alkyl carbamates (subject to hydrolysis) is 1. The summed E-state index contributed by atoms with van der Waals surface area (Å²) >= 11 is 1.84. The molecule has 0 bridgehead atoms. The predicted molar refractivity (Wildman–Crippen MR) is 79.3 cm³/mol. The standard InChI is InChI=1S/C15H21NO2S/c1-19-14-10-6-5-9-13(14)16-15(17)18-11-12-7-3-2-4-8-12/h2-4,7-8,13-14H,5-6,9-11H2,1H3,(H,16,17)/t13-,14-/m1/s1. The van der Waals surface area contributed by atoms with Gasteiger partial charge < -0.3 is 10.1 Å². The molecule has 1 aromatic carbocycles. The number of carbonyl (C=O) groups is 1. The minimum absolute atomic E-state index is 0.257. The highest BCUT2D eigenvalue weighted by Gasteiger charge is 2.26. The molecule has 1 amide bonds. The number of amides is 1. The Morgan fingerprint density at radius 3 is 2.79 bits per heavy atom. The first kappa shape index (κ1) is 14.3. The van der Waals surface area contributed by atoms with E-state index in [-0.39, 0.29) is 12.1 Å². The molecule has 0 radical (unpaired) electrons. The maximum absolute atomic E-state index is 11.8. The number of hydrogen-bond acceptors (Lipinski definition) is 3. The van der Waals surface area contributed by atoms with Crippen LogP contribution in [0.5, 0.6) is 0 Å². The maximum Gasteiger partial charge on any atom is 0.407 e. The van der Waals surface area contributed by atoms with Gasteiger partial charge in [0.1, 0.15) is 6.61 Å². The highest BCUT2D eigenvalue weighted by molar-refractivity contribution is 7.99. The number of ether oxygens (including phenoxy) is 1. The molecule has 0 spiro atoms. The maximum atomic E-state index is 11.8. The zero-order chi connectivity index (χ0) is 13.5. The Kier molecular flexibility index (Phi) is 5.58. The van der Waals surface area contributed by atoms with Crippen LogP contribution in [0.25, 0.3) is 0 Å². The van der Waals surface area contributed by atoms with Crippen LogP contribution in [0.3, 0.4) is 0 Å². The highest BCUT2D eigenvalue weighted by atomic mass is 32.2. The summed E-state index contributed by atoms with van der Waals surface area (Å²) in [6.07, 6.45) is 6.52. The van der Waals surface area contributed by atoms with Crippen LogP contribution in [0, 0.1) is 0 Å². The molecule has 1 aromatic rings. The van der Waals surface area contributed by atoms with E-state index in [4.69, 9.17) is 4.74 Å². The van der Waals surface area contributed by atoms with E-state index in [1.165, 1.54) is 19.3 Å². The highest BCUT2D eigenvalue weighted by Crippen LogP contribution is 2.27. The van der Waals surface area contributed by atoms with Gasteiger partial charge in [0.2, 0.25) is 0 Å². The number of nitrogens with one attached hydrogen (secondary N) is 1. The van der Waals surface area contributed by atoms with Crippen LogP contribution >= 0.6 is 11.8 Å². The normalized spacial score (nSPS) is 22.8. The first-order valence-electron chi connectivity index (χ1n) is 6.79. The lowest BCUT2D eigenvalue weighted by atomic mass is 9.95. The van der Waals surface area contributed by atoms with Crippen molar-refractivity contribution >= 4 is 17.9 Å². The van der Waals surface area contributed by atoms with Gasteiger partial charge in [-0.25, -0.2) is 4.79 Å². The lowest BCUT2D eigenvalue weighted by Crippen LogP contribution is -2.43. The van der Waals surface area contributed by atoms with Gasteiger partial charge in [-0.15, -0.1) is 0 Å². The number of thioether (sulfide) groups is 1. The van der Waals surface area contributed by atoms with Crippen molar-refractivity contribution in [1.29, 1.82) is 0 Å². The van der Waals surface area contributed by atoms with Gasteiger partial charge in [0, 0.05) is 11.3 Å². The van der Waals surface area contributed by atoms with Crippen LogP contribution in [0.4, 0.5) is 4.79 Å². The quantitative estimate of drug-likeness (QED) is 0.915. The Hall–Kier alpha value is -1.16. The van der Waals surface area contributed by atoms with E-state index in [9.17, 15) is 4.79 Å². The molecule has 1 fully saturated rings. The first-order chi connectivity index (χ1) is 9.29. The first-order valence-corrected chi connectivity index (χ1v) is 8.08. The van der Waals surface area contributed by atoms with Crippen LogP contribution in [0.15, 0.2) is 30.3 Å². The van der Waals surface area contributed by atoms with E-state index >= 15 is 0 Å². The zero-order valence-corrected chi connectivity index (χ0v) is 12.1. The second-order valence-corrected chi connectivity index (χ2v) is 5.95. The van der Waals surface area contributed by atoms with Gasteiger partial charge in [-0.3, -0.25) is 0 Å². The van der Waals surface area contributed by atoms with Gasteiger partial charge in [0.05, 0.1) is 0 Å². The fourth-order valence-corrected chi connectivity index (χ4v) is 3.40. The average Bonchev–Trinajstić information content (AvgIpc) is 2.47. The van der Waals surface area contributed by atoms with Gasteiger partial charge in [-0.1, -0.05) is 43.2 Å². The van der Waals surface area contributed by atoms with Crippen molar-refractivity contribution in [1.82, 2.24) is 5.32 Å². The molecule has 1 aliphatic carbocycles. The lowest BCUT2D eigenvalue weighted by Gasteiger charge is -2.30. The number of rotatable bonds is 4. The zero-order valence-electron chi connectivity index (χ0n) is 11.3. The molecule has 1 saturated carbocycles. The van der Waals surface area contributed by atoms with Crippen LogP contribution in [0.1, 0.15) is 31.2 Å². The minimum Gasteiger partial charge on any atom is -0.445 e. The summed E-state index contributed by atoms with van der Waals surface area (Å²) in [6.45, 7) is 0.337. The van der Waals surface area contributed by atoms with Crippen molar-refractivity contribution in [2.24, 2.45) is 0 Å². The molecule has 1 aliphatic rings. The Labute approximate surface area is 119 Å². The fourth-order valence-electron chi connectivity index (χ4n) is 2.46. The van der Waals surface area contributed by atoms with Crippen LogP contribution < -0.4 is 5.32 Å². The molecule has 0 aromatic heterocycles. The van der Waals surface area contributed by atoms with Crippen LogP contribution in [0.2, 0.25) is 0 Å². The Morgan fingerprint density at radius 2 is 2.05 bits per heavy atom. The molecule has 0 saturated heterocycles. The van der Waals surface area contributed by atoms with Crippen molar-refractivity contribution in [3.05, 3.63) is 35.9 Å². The summed E-state index contributed by atoms with van der Waals surface area (Å²) in [5, 5.41) is 3.53. The van der Waals surface area contributed by atoms with E-state index in [0.717, 1.165) is 12.0 Å². The van der Waals surface area contributed by atoms with Gasteiger partial charge in [0.15, 0.2) is 0 Å². The van der Waals surface area contributed by atoms with Crippen molar-refractivity contribution in [3.63, 3.8) is 0 Å². The topological polar surface area (TPSA) is 38.3 Å². The summed E-state index contributed by atoms with van der Waals surface area (Å²) in [5.41, 5.74) is 1.02. The Morgan fingerprint density at radius 1 is 1.32 bits per heavy atom. The van der Waals surface area contributed by atoms with Crippen molar-refractivity contribution < 1.29 is 9.53 Å². The van der Waals surface area contributed by atoms with E-state index in [1.54, 1.807) is 0 Å². The molecule has 3 nitrogen and oxygen atoms in total. The van der Waals surface area contributed by atoms with Gasteiger partial charge in [-0.2, -0.15) is 11.8 Å². The van der Waals surface area contributed by atoms with Crippen molar-refractivity contribution in [3.8, 4) is 0 Å². The lowest BCUT2D eigenvalue weighted by molar-refractivity contribution is 0.133. The Balaban J connectivity index is 1.77. The summed E-state index contributed by atoms with van der Waals surface area (Å²) < 4.78 is 5.26. The van der Waals surface area contributed by atoms with Gasteiger partial charge in [0.25, 0.3) is 0 Å². The summed E-state index contributed by atoms with van der Waals surface area (Å²) in [4.78, 5) is 11.8. The number of benzene rings is 1. The molecule has 0 aliphatic heterocycles. The molecule has 0 heterocycles. The third-order valence-corrected chi connectivity index (χ3v) is 4.69. The molecule has 2 atom stereocenters. The van der Waals surface area contributed by atoms with E-state index in [1.807, 2.05) is 42.1 Å². The SMILES string of the molecule is CS[C@@H]1CCCC[C@H]1NC(=O)OCc1ccccc1. The number of hydrogen-bond donors (Lipinski definition) is 1. The molecule has 0 unspecified atom stereocenters. The molecule has 104 valence electrons. The predicted octanol–water partition coefficient (Wildman–Crippen LogP) is 3.59. The molecular weight excluding hydrogens is 258 g/mol. The van der Waals surface area contributed by atoms with Crippen LogP contribution in [-0.2, 0) is 11.3 Å². The molecule has 1 N–H and O–H groups in total. The van der Waals surface area contributed by atoms with Crippen molar-refractivity contribution in [2.45, 2.75) is 43.6 Å². The molecule has 4 heteroatoms. The van der Waals surface area contributed by atoms with Crippen molar-refractivity contribution in [2.75, 3.05) is 6.26 Å². The fraction of sp³-hybridized carbons (Fsp3) is 0.533. The van der Waals surface area contributed by atoms with E-state index in [0.29, 0.717) is 11.9 Å². The van der Waals surface area contributed by atoms with Crippen LogP contribution in [-0.4, -0.2) is 23.6 Å². The monoisotopic (exact) mass is 279 g/mol. The second kappa shape index (κ2) is 7.43. The molecule has 19 heavy (non-hydrogen) atoms. The smallest absolute Gasteiger partial charge is 0.407 e. The van der Waals surface area contributed by atoms with Gasteiger partial charge >= 0.3 is 6.09 Å². The third kappa shape index (κ3) is 4.46. The Bertz CT molecular complexity index is 396. The average molecular weight is 279 g/mol. The van der Waals surface area contributed by atoms with Gasteiger partial charge in [-0.05, 0) is 24.7 Å². The number of carbonyl (C=O) groups excluding carboxylic acids is 1.